The molecule has 1 aliphatic rings. The molecule has 7 heteroatoms. The van der Waals surface area contributed by atoms with E-state index in [1.807, 2.05) is 97.1 Å². The van der Waals surface area contributed by atoms with Crippen LogP contribution in [0.4, 0.5) is 0 Å². The lowest BCUT2D eigenvalue weighted by atomic mass is 9.93. The summed E-state index contributed by atoms with van der Waals surface area (Å²) in [5.74, 6) is 0.765. The SMILES string of the molecule is OC[C@H](N[C@H]1[C@H](OCc2ccccc2)[C@@H](OCc2ccccc2)[C@H](OCc2ccccc2)CN[C@@H]1c1ccco1)c1ccccc1. The summed E-state index contributed by atoms with van der Waals surface area (Å²) < 4.78 is 26.5. The average Bonchev–Trinajstić information content (AvgIpc) is 3.61. The van der Waals surface area contributed by atoms with Crippen molar-refractivity contribution >= 4 is 0 Å². The standard InChI is InChI=1S/C39H42N2O5/c42-25-33(32-20-11-4-12-21-32)41-37-36(34-22-13-23-43-34)40-24-35(44-26-29-14-5-1-6-15-29)38(45-27-30-16-7-2-8-17-30)39(37)46-28-31-18-9-3-10-19-31/h1-23,33,35-42H,24-28H2/t33-,35+,36+,37+,38-,39-/m0/s1. The first-order chi connectivity index (χ1) is 22.8. The Morgan fingerprint density at radius 2 is 1.17 bits per heavy atom. The van der Waals surface area contributed by atoms with E-state index in [1.165, 1.54) is 0 Å². The number of aliphatic hydroxyl groups is 1. The van der Waals surface area contributed by atoms with Crippen molar-refractivity contribution in [2.75, 3.05) is 13.2 Å². The van der Waals surface area contributed by atoms with Gasteiger partial charge in [-0.15, -0.1) is 0 Å². The molecule has 46 heavy (non-hydrogen) atoms. The molecule has 1 aliphatic heterocycles. The minimum Gasteiger partial charge on any atom is -0.468 e. The molecule has 5 aromatic rings. The van der Waals surface area contributed by atoms with Crippen LogP contribution in [-0.4, -0.2) is 42.6 Å². The molecule has 0 saturated carbocycles. The van der Waals surface area contributed by atoms with E-state index < -0.39 is 12.2 Å². The highest BCUT2D eigenvalue weighted by molar-refractivity contribution is 5.22. The molecule has 3 N–H and O–H groups in total. The zero-order valence-electron chi connectivity index (χ0n) is 25.9. The Morgan fingerprint density at radius 3 is 1.70 bits per heavy atom. The molecular formula is C39H42N2O5. The molecule has 1 aromatic heterocycles. The van der Waals surface area contributed by atoms with Gasteiger partial charge in [0.05, 0.1) is 56.9 Å². The summed E-state index contributed by atoms with van der Waals surface area (Å²) in [6.07, 6.45) is 0.338. The maximum Gasteiger partial charge on any atom is 0.122 e. The molecule has 0 amide bonds. The Balaban J connectivity index is 1.39. The largest absolute Gasteiger partial charge is 0.468 e. The molecule has 0 radical (unpaired) electrons. The monoisotopic (exact) mass is 618 g/mol. The minimum absolute atomic E-state index is 0.0970. The highest BCUT2D eigenvalue weighted by Gasteiger charge is 2.46. The van der Waals surface area contributed by atoms with Crippen LogP contribution < -0.4 is 10.6 Å². The molecule has 1 saturated heterocycles. The number of furan rings is 1. The van der Waals surface area contributed by atoms with Crippen LogP contribution in [0.15, 0.2) is 144 Å². The highest BCUT2D eigenvalue weighted by Crippen LogP contribution is 2.32. The first-order valence-electron chi connectivity index (χ1n) is 15.9. The fourth-order valence-corrected chi connectivity index (χ4v) is 6.07. The number of ether oxygens (including phenoxy) is 3. The van der Waals surface area contributed by atoms with Crippen molar-refractivity contribution in [3.05, 3.63) is 168 Å². The zero-order valence-corrected chi connectivity index (χ0v) is 25.9. The molecule has 2 heterocycles. The van der Waals surface area contributed by atoms with Gasteiger partial charge in [-0.3, -0.25) is 0 Å². The molecule has 6 rings (SSSR count). The van der Waals surface area contributed by atoms with Gasteiger partial charge in [0.1, 0.15) is 18.0 Å². The van der Waals surface area contributed by atoms with Gasteiger partial charge in [-0.1, -0.05) is 121 Å². The Morgan fingerprint density at radius 1 is 0.652 bits per heavy atom. The van der Waals surface area contributed by atoms with Crippen LogP contribution in [0.25, 0.3) is 0 Å². The van der Waals surface area contributed by atoms with Crippen molar-refractivity contribution in [2.45, 2.75) is 56.3 Å². The fourth-order valence-electron chi connectivity index (χ4n) is 6.07. The normalized spacial score (nSPS) is 22.2. The van der Waals surface area contributed by atoms with Crippen molar-refractivity contribution in [2.24, 2.45) is 0 Å². The summed E-state index contributed by atoms with van der Waals surface area (Å²) in [6.45, 7) is 1.59. The molecule has 0 spiro atoms. The van der Waals surface area contributed by atoms with Crippen molar-refractivity contribution in [3.63, 3.8) is 0 Å². The Hall–Kier alpha value is -4.08. The third kappa shape index (κ3) is 8.39. The van der Waals surface area contributed by atoms with Gasteiger partial charge in [0.25, 0.3) is 0 Å². The number of hydrogen-bond acceptors (Lipinski definition) is 7. The Kier molecular flexibility index (Phi) is 11.4. The molecule has 0 aliphatic carbocycles. The molecule has 238 valence electrons. The van der Waals surface area contributed by atoms with E-state index in [4.69, 9.17) is 18.6 Å². The maximum atomic E-state index is 10.7. The minimum atomic E-state index is -0.507. The molecular weight excluding hydrogens is 576 g/mol. The van der Waals surface area contributed by atoms with Gasteiger partial charge < -0.3 is 34.4 Å². The second kappa shape index (κ2) is 16.5. The van der Waals surface area contributed by atoms with Crippen LogP contribution in [0, 0.1) is 0 Å². The van der Waals surface area contributed by atoms with Crippen LogP contribution in [0.2, 0.25) is 0 Å². The van der Waals surface area contributed by atoms with E-state index in [1.54, 1.807) is 6.26 Å². The van der Waals surface area contributed by atoms with E-state index in [0.717, 1.165) is 28.0 Å². The fraction of sp³-hybridized carbons (Fsp3) is 0.282. The molecule has 1 fully saturated rings. The summed E-state index contributed by atoms with van der Waals surface area (Å²) in [5.41, 5.74) is 4.18. The van der Waals surface area contributed by atoms with Gasteiger partial charge in [0.2, 0.25) is 0 Å². The third-order valence-corrected chi connectivity index (χ3v) is 8.45. The first-order valence-corrected chi connectivity index (χ1v) is 15.9. The molecule has 4 aromatic carbocycles. The summed E-state index contributed by atoms with van der Waals surface area (Å²) >= 11 is 0. The lowest BCUT2D eigenvalue weighted by Crippen LogP contribution is -2.55. The van der Waals surface area contributed by atoms with E-state index >= 15 is 0 Å². The summed E-state index contributed by atoms with van der Waals surface area (Å²) in [4.78, 5) is 0. The van der Waals surface area contributed by atoms with Crippen LogP contribution in [0.1, 0.15) is 40.1 Å². The highest BCUT2D eigenvalue weighted by atomic mass is 16.6. The quantitative estimate of drug-likeness (QED) is 0.133. The maximum absolute atomic E-state index is 10.7. The predicted octanol–water partition coefficient (Wildman–Crippen LogP) is 6.37. The third-order valence-electron chi connectivity index (χ3n) is 8.45. The van der Waals surface area contributed by atoms with Crippen LogP contribution in [0.5, 0.6) is 0 Å². The zero-order chi connectivity index (χ0) is 31.4. The topological polar surface area (TPSA) is 85.1 Å². The van der Waals surface area contributed by atoms with Gasteiger partial charge in [0.15, 0.2) is 0 Å². The second-order valence-corrected chi connectivity index (χ2v) is 11.6. The van der Waals surface area contributed by atoms with E-state index in [0.29, 0.717) is 26.4 Å². The van der Waals surface area contributed by atoms with Crippen molar-refractivity contribution in [1.29, 1.82) is 0 Å². The van der Waals surface area contributed by atoms with Gasteiger partial charge in [-0.05, 0) is 34.4 Å². The first kappa shape index (κ1) is 31.9. The van der Waals surface area contributed by atoms with E-state index in [-0.39, 0.29) is 30.8 Å². The number of hydrogen-bond donors (Lipinski definition) is 3. The number of rotatable bonds is 14. The van der Waals surface area contributed by atoms with Crippen LogP contribution in [0.3, 0.4) is 0 Å². The van der Waals surface area contributed by atoms with Gasteiger partial charge >= 0.3 is 0 Å². The summed E-state index contributed by atoms with van der Waals surface area (Å²) in [5, 5.41) is 18.2. The summed E-state index contributed by atoms with van der Waals surface area (Å²) in [6, 6.07) is 43.3. The van der Waals surface area contributed by atoms with Crippen LogP contribution in [-0.2, 0) is 34.0 Å². The van der Waals surface area contributed by atoms with Crippen molar-refractivity contribution in [3.8, 4) is 0 Å². The molecule has 6 atom stereocenters. The van der Waals surface area contributed by atoms with Gasteiger partial charge in [-0.25, -0.2) is 0 Å². The van der Waals surface area contributed by atoms with Crippen molar-refractivity contribution < 1.29 is 23.7 Å². The van der Waals surface area contributed by atoms with E-state index in [9.17, 15) is 5.11 Å². The number of benzene rings is 4. The lowest BCUT2D eigenvalue weighted by molar-refractivity contribution is -0.153. The van der Waals surface area contributed by atoms with Crippen LogP contribution >= 0.6 is 0 Å². The second-order valence-electron chi connectivity index (χ2n) is 11.6. The average molecular weight is 619 g/mol. The number of nitrogens with one attached hydrogen (secondary N) is 2. The molecule has 7 nitrogen and oxygen atoms in total. The lowest BCUT2D eigenvalue weighted by Gasteiger charge is -2.38. The summed E-state index contributed by atoms with van der Waals surface area (Å²) in [7, 11) is 0. The van der Waals surface area contributed by atoms with Gasteiger partial charge in [-0.2, -0.15) is 0 Å². The molecule has 0 unspecified atom stereocenters. The Labute approximate surface area is 271 Å². The smallest absolute Gasteiger partial charge is 0.122 e. The number of aliphatic hydroxyl groups excluding tert-OH is 1. The van der Waals surface area contributed by atoms with Crippen molar-refractivity contribution in [1.82, 2.24) is 10.6 Å². The Bertz CT molecular complexity index is 1540. The van der Waals surface area contributed by atoms with E-state index in [2.05, 4.69) is 47.0 Å². The molecule has 0 bridgehead atoms. The van der Waals surface area contributed by atoms with Gasteiger partial charge in [0, 0.05) is 6.54 Å². The predicted molar refractivity (Wildman–Crippen MR) is 178 cm³/mol.